The third kappa shape index (κ3) is 15.9. The Morgan fingerprint density at radius 3 is 1.70 bits per heavy atom. The number of likely N-dealkylation sites (N-methyl/N-ethyl adjacent to an activating group) is 1. The average molecular weight is 426 g/mol. The topological polar surface area (TPSA) is 49.3 Å². The maximum atomic E-state index is 11.7. The molecule has 0 saturated heterocycles. The third-order valence-corrected chi connectivity index (χ3v) is 6.00. The first kappa shape index (κ1) is 29.1. The molecule has 0 rings (SSSR count). The highest BCUT2D eigenvalue weighted by Crippen LogP contribution is 2.13. The molecule has 0 saturated carbocycles. The summed E-state index contributed by atoms with van der Waals surface area (Å²) in [6, 6.07) is -0.366. The van der Waals surface area contributed by atoms with E-state index < -0.39 is 12.0 Å². The fourth-order valence-corrected chi connectivity index (χ4v) is 4.18. The number of carbonyl (C=O) groups is 1. The van der Waals surface area contributed by atoms with Crippen molar-refractivity contribution in [2.24, 2.45) is 0 Å². The standard InChI is InChI=1S/C26H52N2O2/c1-6-8-9-10-11-12-13-14-15-16-17-18-19-20-21-22-23-27-24(7-2)25(26(29)30)28(3,4)5/h14-15,24-25,27H,6-13,16-23H2,1-5H3/p+1/b15-14-. The molecule has 0 fully saturated rings. The fourth-order valence-electron chi connectivity index (χ4n) is 4.18. The Morgan fingerprint density at radius 2 is 1.27 bits per heavy atom. The van der Waals surface area contributed by atoms with Crippen LogP contribution in [0.5, 0.6) is 0 Å². The van der Waals surface area contributed by atoms with Crippen LogP contribution in [-0.4, -0.2) is 55.3 Å². The second-order valence-corrected chi connectivity index (χ2v) is 9.81. The Hall–Kier alpha value is -0.870. The van der Waals surface area contributed by atoms with Gasteiger partial charge in [0.25, 0.3) is 0 Å². The van der Waals surface area contributed by atoms with Gasteiger partial charge in [-0.3, -0.25) is 0 Å². The molecule has 2 atom stereocenters. The average Bonchev–Trinajstić information content (AvgIpc) is 2.67. The molecule has 4 nitrogen and oxygen atoms in total. The molecular formula is C26H53N2O2+. The number of carboxylic acid groups (broad SMARTS) is 1. The van der Waals surface area contributed by atoms with Gasteiger partial charge >= 0.3 is 5.97 Å². The number of quaternary nitrogens is 1. The van der Waals surface area contributed by atoms with Crippen molar-refractivity contribution < 1.29 is 14.4 Å². The molecule has 178 valence electrons. The second kappa shape index (κ2) is 18.9. The molecule has 0 aliphatic rings. The minimum atomic E-state index is -0.706. The molecule has 0 aromatic rings. The number of unbranched alkanes of at least 4 members (excludes halogenated alkanes) is 12. The van der Waals surface area contributed by atoms with Crippen LogP contribution in [0.25, 0.3) is 0 Å². The van der Waals surface area contributed by atoms with Crippen LogP contribution in [0.2, 0.25) is 0 Å². The molecule has 2 unspecified atom stereocenters. The number of rotatable bonds is 21. The van der Waals surface area contributed by atoms with E-state index in [4.69, 9.17) is 0 Å². The summed E-state index contributed by atoms with van der Waals surface area (Å²) < 4.78 is 0.453. The summed E-state index contributed by atoms with van der Waals surface area (Å²) in [7, 11) is 5.90. The van der Waals surface area contributed by atoms with Gasteiger partial charge in [-0.05, 0) is 45.1 Å². The first-order valence-electron chi connectivity index (χ1n) is 12.8. The molecule has 0 heterocycles. The van der Waals surface area contributed by atoms with Crippen LogP contribution < -0.4 is 5.32 Å². The summed E-state index contributed by atoms with van der Waals surface area (Å²) >= 11 is 0. The van der Waals surface area contributed by atoms with Gasteiger partial charge in [-0.2, -0.15) is 0 Å². The van der Waals surface area contributed by atoms with Crippen molar-refractivity contribution in [2.75, 3.05) is 27.7 Å². The fraction of sp³-hybridized carbons (Fsp3) is 0.885. The van der Waals surface area contributed by atoms with E-state index in [0.29, 0.717) is 4.48 Å². The monoisotopic (exact) mass is 425 g/mol. The quantitative estimate of drug-likeness (QED) is 0.124. The number of carboxylic acids is 1. The van der Waals surface area contributed by atoms with Gasteiger partial charge < -0.3 is 14.9 Å². The summed E-state index contributed by atoms with van der Waals surface area (Å²) in [5.41, 5.74) is 0. The highest BCUT2D eigenvalue weighted by molar-refractivity contribution is 5.73. The van der Waals surface area contributed by atoms with Crippen LogP contribution in [0.15, 0.2) is 12.2 Å². The molecule has 0 aliphatic heterocycles. The van der Waals surface area contributed by atoms with E-state index >= 15 is 0 Å². The van der Waals surface area contributed by atoms with Gasteiger partial charge in [0.2, 0.25) is 6.04 Å². The summed E-state index contributed by atoms with van der Waals surface area (Å²) in [5.74, 6) is -0.706. The molecule has 2 N–H and O–H groups in total. The summed E-state index contributed by atoms with van der Waals surface area (Å²) in [4.78, 5) is 11.7. The Bertz CT molecular complexity index is 429. The van der Waals surface area contributed by atoms with Crippen molar-refractivity contribution in [3.63, 3.8) is 0 Å². The summed E-state index contributed by atoms with van der Waals surface area (Å²) in [6.45, 7) is 5.27. The van der Waals surface area contributed by atoms with Gasteiger partial charge in [-0.25, -0.2) is 4.79 Å². The zero-order valence-electron chi connectivity index (χ0n) is 20.9. The lowest BCUT2D eigenvalue weighted by molar-refractivity contribution is -0.888. The first-order valence-corrected chi connectivity index (χ1v) is 12.8. The van der Waals surface area contributed by atoms with E-state index in [1.54, 1.807) is 0 Å². The molecule has 0 aromatic carbocycles. The van der Waals surface area contributed by atoms with E-state index in [9.17, 15) is 9.90 Å². The van der Waals surface area contributed by atoms with Gasteiger partial charge in [0.05, 0.1) is 27.2 Å². The predicted molar refractivity (Wildman–Crippen MR) is 131 cm³/mol. The van der Waals surface area contributed by atoms with E-state index in [0.717, 1.165) is 19.4 Å². The Morgan fingerprint density at radius 1 is 0.800 bits per heavy atom. The number of allylic oxidation sites excluding steroid dienone is 2. The highest BCUT2D eigenvalue weighted by atomic mass is 16.4. The molecule has 0 bridgehead atoms. The molecule has 0 radical (unpaired) electrons. The van der Waals surface area contributed by atoms with Crippen LogP contribution in [0, 0.1) is 0 Å². The van der Waals surface area contributed by atoms with Crippen LogP contribution in [0.4, 0.5) is 0 Å². The predicted octanol–water partition coefficient (Wildman–Crippen LogP) is 6.55. The van der Waals surface area contributed by atoms with E-state index in [1.807, 2.05) is 21.1 Å². The smallest absolute Gasteiger partial charge is 0.364 e. The van der Waals surface area contributed by atoms with Crippen molar-refractivity contribution in [1.29, 1.82) is 0 Å². The van der Waals surface area contributed by atoms with Crippen LogP contribution in [0.3, 0.4) is 0 Å². The van der Waals surface area contributed by atoms with Gasteiger partial charge in [-0.15, -0.1) is 0 Å². The van der Waals surface area contributed by atoms with Crippen LogP contribution in [-0.2, 0) is 4.79 Å². The zero-order chi connectivity index (χ0) is 22.7. The lowest BCUT2D eigenvalue weighted by Gasteiger charge is -2.36. The van der Waals surface area contributed by atoms with Crippen molar-refractivity contribution in [1.82, 2.24) is 5.32 Å². The Balaban J connectivity index is 3.61. The number of hydrogen-bond acceptors (Lipinski definition) is 2. The lowest BCUT2D eigenvalue weighted by Crippen LogP contribution is -2.60. The Labute approximate surface area is 188 Å². The minimum Gasteiger partial charge on any atom is -0.477 e. The van der Waals surface area contributed by atoms with Gasteiger partial charge in [0.1, 0.15) is 0 Å². The number of hydrogen-bond donors (Lipinski definition) is 2. The summed E-state index contributed by atoms with van der Waals surface area (Å²) in [5, 5.41) is 13.1. The summed E-state index contributed by atoms with van der Waals surface area (Å²) in [6.07, 6.45) is 24.0. The van der Waals surface area contributed by atoms with Gasteiger partial charge in [0, 0.05) is 0 Å². The van der Waals surface area contributed by atoms with Crippen molar-refractivity contribution in [2.45, 2.75) is 122 Å². The van der Waals surface area contributed by atoms with Crippen molar-refractivity contribution >= 4 is 5.97 Å². The molecule has 0 amide bonds. The number of aliphatic carboxylic acids is 1. The van der Waals surface area contributed by atoms with Gasteiger partial charge in [-0.1, -0.05) is 83.8 Å². The lowest BCUT2D eigenvalue weighted by atomic mass is 10.0. The van der Waals surface area contributed by atoms with Crippen molar-refractivity contribution in [3.8, 4) is 0 Å². The van der Waals surface area contributed by atoms with Gasteiger partial charge in [0.15, 0.2) is 0 Å². The van der Waals surface area contributed by atoms with Crippen LogP contribution >= 0.6 is 0 Å². The van der Waals surface area contributed by atoms with Crippen molar-refractivity contribution in [3.05, 3.63) is 12.2 Å². The van der Waals surface area contributed by atoms with E-state index in [2.05, 4.69) is 31.3 Å². The SMILES string of the molecule is CCCCCCCC/C=C\CCCCCCCCNC(CC)C(C(=O)O)[N+](C)(C)C. The Kier molecular flexibility index (Phi) is 18.3. The number of nitrogens with zero attached hydrogens (tertiary/aromatic N) is 1. The normalized spacial score (nSPS) is 14.3. The largest absolute Gasteiger partial charge is 0.477 e. The molecule has 4 heteroatoms. The van der Waals surface area contributed by atoms with Crippen LogP contribution in [0.1, 0.15) is 110 Å². The number of nitrogens with one attached hydrogen (secondary N) is 1. The maximum absolute atomic E-state index is 11.7. The molecule has 30 heavy (non-hydrogen) atoms. The zero-order valence-corrected chi connectivity index (χ0v) is 20.9. The third-order valence-electron chi connectivity index (χ3n) is 6.00. The molecule has 0 aliphatic carbocycles. The maximum Gasteiger partial charge on any atom is 0.364 e. The first-order chi connectivity index (χ1) is 14.3. The second-order valence-electron chi connectivity index (χ2n) is 9.81. The van der Waals surface area contributed by atoms with E-state index in [1.165, 1.54) is 83.5 Å². The van der Waals surface area contributed by atoms with E-state index in [-0.39, 0.29) is 6.04 Å². The highest BCUT2D eigenvalue weighted by Gasteiger charge is 2.37. The molecule has 0 spiro atoms. The minimum absolute atomic E-state index is 0.0330. The molecular weight excluding hydrogens is 372 g/mol. The molecule has 0 aromatic heterocycles.